The Hall–Kier alpha value is -1.51. The van der Waals surface area contributed by atoms with E-state index in [2.05, 4.69) is 0 Å². The van der Waals surface area contributed by atoms with Crippen LogP contribution in [0.2, 0.25) is 0 Å². The number of carbonyl (C=O) groups is 1. The number of hydrogen-bond donors (Lipinski definition) is 0. The molecule has 0 N–H and O–H groups in total. The lowest BCUT2D eigenvalue weighted by Crippen LogP contribution is -2.39. The maximum Gasteiger partial charge on any atom is 0.410 e. The van der Waals surface area contributed by atoms with Gasteiger partial charge in [-0.3, -0.25) is 0 Å². The quantitative estimate of drug-likeness (QED) is 0.833. The van der Waals surface area contributed by atoms with E-state index in [1.54, 1.807) is 0 Å². The Bertz CT molecular complexity index is 440. The number of hydrogen-bond acceptors (Lipinski definition) is 2. The molecule has 1 heterocycles. The first-order chi connectivity index (χ1) is 9.84. The van der Waals surface area contributed by atoms with E-state index in [0.29, 0.717) is 18.6 Å². The maximum atomic E-state index is 12.3. The molecular formula is C17H23NO2. The molecule has 108 valence electrons. The van der Waals surface area contributed by atoms with E-state index in [1.807, 2.05) is 35.2 Å². The van der Waals surface area contributed by atoms with Gasteiger partial charge < -0.3 is 9.64 Å². The first-order valence-electron chi connectivity index (χ1n) is 7.82. The van der Waals surface area contributed by atoms with Crippen molar-refractivity contribution in [2.45, 2.75) is 51.2 Å². The molecule has 1 aliphatic heterocycles. The second-order valence-electron chi connectivity index (χ2n) is 5.99. The van der Waals surface area contributed by atoms with Gasteiger partial charge in [0, 0.05) is 12.6 Å². The summed E-state index contributed by atoms with van der Waals surface area (Å²) in [5.74, 6) is 0.710. The van der Waals surface area contributed by atoms with Gasteiger partial charge in [0.2, 0.25) is 0 Å². The van der Waals surface area contributed by atoms with Gasteiger partial charge in [-0.2, -0.15) is 0 Å². The second kappa shape index (κ2) is 6.29. The van der Waals surface area contributed by atoms with Gasteiger partial charge in [-0.1, -0.05) is 43.2 Å². The van der Waals surface area contributed by atoms with Crippen molar-refractivity contribution >= 4 is 6.09 Å². The van der Waals surface area contributed by atoms with Crippen LogP contribution in [0.5, 0.6) is 0 Å². The predicted molar refractivity (Wildman–Crippen MR) is 78.3 cm³/mol. The molecule has 1 saturated heterocycles. The monoisotopic (exact) mass is 273 g/mol. The highest BCUT2D eigenvalue weighted by atomic mass is 16.6. The van der Waals surface area contributed by atoms with Crippen LogP contribution in [0.1, 0.15) is 44.1 Å². The topological polar surface area (TPSA) is 29.5 Å². The summed E-state index contributed by atoms with van der Waals surface area (Å²) in [6.07, 6.45) is 7.39. The minimum atomic E-state index is -0.122. The fraction of sp³-hybridized carbons (Fsp3) is 0.588. The molecule has 1 aromatic carbocycles. The highest BCUT2D eigenvalue weighted by Gasteiger charge is 2.36. The number of carbonyl (C=O) groups excluding carboxylic acids is 1. The smallest absolute Gasteiger partial charge is 0.410 e. The Morgan fingerprint density at radius 2 is 1.85 bits per heavy atom. The zero-order chi connectivity index (χ0) is 13.8. The Morgan fingerprint density at radius 3 is 2.60 bits per heavy atom. The first-order valence-corrected chi connectivity index (χ1v) is 7.82. The lowest BCUT2D eigenvalue weighted by Gasteiger charge is -2.28. The minimum Gasteiger partial charge on any atom is -0.445 e. The summed E-state index contributed by atoms with van der Waals surface area (Å²) < 4.78 is 5.49. The molecule has 2 aliphatic rings. The van der Waals surface area contributed by atoms with Gasteiger partial charge in [0.15, 0.2) is 0 Å². The standard InChI is InChI=1S/C17H23NO2/c19-17(20-13-14-7-2-1-3-8-14)18-12-6-11-16(18)15-9-4-5-10-15/h1-3,7-8,15-16H,4-6,9-13H2/t16-/m0/s1. The average molecular weight is 273 g/mol. The van der Waals surface area contributed by atoms with Gasteiger partial charge in [0.25, 0.3) is 0 Å². The highest BCUT2D eigenvalue weighted by Crippen LogP contribution is 2.35. The zero-order valence-electron chi connectivity index (χ0n) is 12.0. The van der Waals surface area contributed by atoms with Crippen molar-refractivity contribution in [2.75, 3.05) is 6.54 Å². The summed E-state index contributed by atoms with van der Waals surface area (Å²) >= 11 is 0. The van der Waals surface area contributed by atoms with Gasteiger partial charge in [-0.25, -0.2) is 4.79 Å². The molecule has 3 nitrogen and oxygen atoms in total. The van der Waals surface area contributed by atoms with Crippen LogP contribution >= 0.6 is 0 Å². The van der Waals surface area contributed by atoms with Gasteiger partial charge >= 0.3 is 6.09 Å². The fourth-order valence-corrected chi connectivity index (χ4v) is 3.65. The Kier molecular flexibility index (Phi) is 4.24. The van der Waals surface area contributed by atoms with Crippen LogP contribution in [-0.4, -0.2) is 23.6 Å². The van der Waals surface area contributed by atoms with Crippen molar-refractivity contribution in [1.29, 1.82) is 0 Å². The SMILES string of the molecule is O=C(OCc1ccccc1)N1CCC[C@H]1C1CCCC1. The Morgan fingerprint density at radius 1 is 1.10 bits per heavy atom. The van der Waals surface area contributed by atoms with Crippen molar-refractivity contribution in [1.82, 2.24) is 4.90 Å². The molecule has 3 rings (SSSR count). The van der Waals surface area contributed by atoms with Gasteiger partial charge in [-0.05, 0) is 37.2 Å². The third-order valence-electron chi connectivity index (χ3n) is 4.68. The molecule has 0 radical (unpaired) electrons. The first kappa shape index (κ1) is 13.5. The van der Waals surface area contributed by atoms with Crippen molar-refractivity contribution in [3.05, 3.63) is 35.9 Å². The summed E-state index contributed by atoms with van der Waals surface area (Å²) in [6, 6.07) is 10.3. The third kappa shape index (κ3) is 2.97. The fourth-order valence-electron chi connectivity index (χ4n) is 3.65. The van der Waals surface area contributed by atoms with Crippen LogP contribution in [0.15, 0.2) is 30.3 Å². The van der Waals surface area contributed by atoms with Crippen molar-refractivity contribution < 1.29 is 9.53 Å². The average Bonchev–Trinajstić information content (AvgIpc) is 3.15. The molecule has 0 unspecified atom stereocenters. The van der Waals surface area contributed by atoms with Crippen LogP contribution in [-0.2, 0) is 11.3 Å². The summed E-state index contributed by atoms with van der Waals surface area (Å²) in [5.41, 5.74) is 1.05. The van der Waals surface area contributed by atoms with Crippen LogP contribution in [0.3, 0.4) is 0 Å². The van der Waals surface area contributed by atoms with Crippen LogP contribution in [0, 0.1) is 5.92 Å². The molecule has 0 aromatic heterocycles. The molecule has 1 saturated carbocycles. The van der Waals surface area contributed by atoms with Gasteiger partial charge in [0.05, 0.1) is 0 Å². The molecular weight excluding hydrogens is 250 g/mol. The Balaban J connectivity index is 1.55. The Labute approximate surface area is 120 Å². The van der Waals surface area contributed by atoms with E-state index in [-0.39, 0.29) is 6.09 Å². The van der Waals surface area contributed by atoms with Crippen LogP contribution in [0.4, 0.5) is 4.79 Å². The van der Waals surface area contributed by atoms with Crippen molar-refractivity contribution in [2.24, 2.45) is 5.92 Å². The highest BCUT2D eigenvalue weighted by molar-refractivity contribution is 5.68. The predicted octanol–water partition coefficient (Wildman–Crippen LogP) is 3.98. The normalized spacial score (nSPS) is 23.2. The van der Waals surface area contributed by atoms with E-state index in [0.717, 1.165) is 24.9 Å². The second-order valence-corrected chi connectivity index (χ2v) is 5.99. The molecule has 3 heteroatoms. The van der Waals surface area contributed by atoms with E-state index < -0.39 is 0 Å². The number of rotatable bonds is 3. The number of ether oxygens (including phenoxy) is 1. The van der Waals surface area contributed by atoms with E-state index >= 15 is 0 Å². The molecule has 1 aromatic rings. The summed E-state index contributed by atoms with van der Waals surface area (Å²) in [6.45, 7) is 1.25. The summed E-state index contributed by atoms with van der Waals surface area (Å²) in [4.78, 5) is 14.3. The molecule has 0 spiro atoms. The summed E-state index contributed by atoms with van der Waals surface area (Å²) in [7, 11) is 0. The minimum absolute atomic E-state index is 0.122. The van der Waals surface area contributed by atoms with Gasteiger partial charge in [-0.15, -0.1) is 0 Å². The van der Waals surface area contributed by atoms with Crippen LogP contribution in [0.25, 0.3) is 0 Å². The third-order valence-corrected chi connectivity index (χ3v) is 4.68. The van der Waals surface area contributed by atoms with E-state index in [9.17, 15) is 4.79 Å². The van der Waals surface area contributed by atoms with Crippen molar-refractivity contribution in [3.63, 3.8) is 0 Å². The molecule has 2 fully saturated rings. The zero-order valence-corrected chi connectivity index (χ0v) is 12.0. The molecule has 0 bridgehead atoms. The molecule has 1 atom stereocenters. The van der Waals surface area contributed by atoms with Crippen LogP contribution < -0.4 is 0 Å². The number of benzene rings is 1. The van der Waals surface area contributed by atoms with Gasteiger partial charge in [0.1, 0.15) is 6.61 Å². The van der Waals surface area contributed by atoms with E-state index in [1.165, 1.54) is 25.7 Å². The number of amides is 1. The maximum absolute atomic E-state index is 12.3. The number of likely N-dealkylation sites (tertiary alicyclic amines) is 1. The largest absolute Gasteiger partial charge is 0.445 e. The molecule has 20 heavy (non-hydrogen) atoms. The molecule has 1 aliphatic carbocycles. The lowest BCUT2D eigenvalue weighted by molar-refractivity contribution is 0.0822. The number of nitrogens with zero attached hydrogens (tertiary/aromatic N) is 1. The molecule has 1 amide bonds. The van der Waals surface area contributed by atoms with E-state index in [4.69, 9.17) is 4.74 Å². The van der Waals surface area contributed by atoms with Crippen molar-refractivity contribution in [3.8, 4) is 0 Å². The lowest BCUT2D eigenvalue weighted by atomic mass is 9.96. The summed E-state index contributed by atoms with van der Waals surface area (Å²) in [5, 5.41) is 0.